The van der Waals surface area contributed by atoms with Gasteiger partial charge in [0.05, 0.1) is 10.2 Å². The highest BCUT2D eigenvalue weighted by Gasteiger charge is 1.98. The lowest BCUT2D eigenvalue weighted by Crippen LogP contribution is -1.98. The molecule has 0 amide bonds. The summed E-state index contributed by atoms with van der Waals surface area (Å²) >= 11 is 7.89. The van der Waals surface area contributed by atoms with Crippen LogP contribution in [0.15, 0.2) is 24.3 Å². The molecule has 0 aliphatic carbocycles. The lowest BCUT2D eigenvalue weighted by molar-refractivity contribution is 0.303. The van der Waals surface area contributed by atoms with E-state index in [0.717, 1.165) is 31.1 Å². The molecule has 0 aliphatic heterocycles. The number of unbranched alkanes of at least 4 members (excludes halogenated alkanes) is 3. The lowest BCUT2D eigenvalue weighted by atomic mass is 10.2. The molecule has 0 heterocycles. The number of benzene rings is 1. The maximum atomic E-state index is 5.68. The minimum atomic E-state index is 0.775. The number of hydrogen-bond donors (Lipinski definition) is 0. The van der Waals surface area contributed by atoms with Crippen LogP contribution in [0.25, 0.3) is 0 Å². The normalized spacial score (nSPS) is 10.3. The van der Waals surface area contributed by atoms with Gasteiger partial charge in [0, 0.05) is 5.88 Å². The van der Waals surface area contributed by atoms with E-state index in [1.165, 1.54) is 16.4 Å². The predicted molar refractivity (Wildman–Crippen MR) is 73.8 cm³/mol. The van der Waals surface area contributed by atoms with Gasteiger partial charge in [0.1, 0.15) is 5.75 Å². The zero-order valence-corrected chi connectivity index (χ0v) is 11.6. The summed E-state index contributed by atoms with van der Waals surface area (Å²) in [5, 5.41) is 0. The van der Waals surface area contributed by atoms with E-state index in [-0.39, 0.29) is 0 Å². The molecule has 0 spiro atoms. The van der Waals surface area contributed by atoms with E-state index in [9.17, 15) is 0 Å². The van der Waals surface area contributed by atoms with E-state index in [4.69, 9.17) is 16.3 Å². The third kappa shape index (κ3) is 5.61. The van der Waals surface area contributed by atoms with Gasteiger partial charge in [0.2, 0.25) is 0 Å². The van der Waals surface area contributed by atoms with Crippen molar-refractivity contribution in [2.45, 2.75) is 25.7 Å². The fraction of sp³-hybridized carbons (Fsp3) is 0.500. The molecule has 0 saturated heterocycles. The molecule has 0 saturated carbocycles. The van der Waals surface area contributed by atoms with Crippen LogP contribution in [0.3, 0.4) is 0 Å². The van der Waals surface area contributed by atoms with E-state index in [2.05, 4.69) is 28.7 Å². The molecule has 1 aromatic carbocycles. The monoisotopic (exact) mass is 338 g/mol. The van der Waals surface area contributed by atoms with Crippen molar-refractivity contribution < 1.29 is 4.74 Å². The smallest absolute Gasteiger partial charge is 0.132 e. The van der Waals surface area contributed by atoms with Crippen molar-refractivity contribution in [2.75, 3.05) is 12.5 Å². The first-order valence-corrected chi connectivity index (χ1v) is 6.89. The number of ether oxygens (including phenoxy) is 1. The quantitative estimate of drug-likeness (QED) is 0.405. The van der Waals surface area contributed by atoms with Crippen molar-refractivity contribution in [2.24, 2.45) is 0 Å². The molecule has 0 bridgehead atoms. The van der Waals surface area contributed by atoms with Gasteiger partial charge in [-0.2, -0.15) is 0 Å². The van der Waals surface area contributed by atoms with Crippen molar-refractivity contribution in [1.82, 2.24) is 0 Å². The van der Waals surface area contributed by atoms with Gasteiger partial charge < -0.3 is 4.74 Å². The van der Waals surface area contributed by atoms with Gasteiger partial charge in [-0.3, -0.25) is 0 Å². The van der Waals surface area contributed by atoms with Gasteiger partial charge in [-0.15, -0.1) is 11.6 Å². The SMILES string of the molecule is ClCCCCCCOc1ccccc1I. The van der Waals surface area contributed by atoms with E-state index in [0.29, 0.717) is 0 Å². The molecular weight excluding hydrogens is 322 g/mol. The number of rotatable bonds is 7. The van der Waals surface area contributed by atoms with Crippen LogP contribution in [-0.2, 0) is 0 Å². The highest BCUT2D eigenvalue weighted by Crippen LogP contribution is 2.19. The molecule has 15 heavy (non-hydrogen) atoms. The Balaban J connectivity index is 2.12. The Morgan fingerprint density at radius 3 is 2.53 bits per heavy atom. The van der Waals surface area contributed by atoms with E-state index in [1.54, 1.807) is 0 Å². The summed E-state index contributed by atoms with van der Waals surface area (Å²) < 4.78 is 6.85. The standard InChI is InChI=1S/C12H16ClIO/c13-9-5-1-2-6-10-15-12-8-4-3-7-11(12)14/h3-4,7-8H,1-2,5-6,9-10H2. The number of para-hydroxylation sites is 1. The van der Waals surface area contributed by atoms with Crippen LogP contribution in [-0.4, -0.2) is 12.5 Å². The van der Waals surface area contributed by atoms with E-state index in [1.807, 2.05) is 18.2 Å². The predicted octanol–water partition coefficient (Wildman–Crippen LogP) is 4.47. The Bertz CT molecular complexity index is 278. The van der Waals surface area contributed by atoms with E-state index >= 15 is 0 Å². The third-order valence-corrected chi connectivity index (χ3v) is 3.28. The Labute approximate surface area is 110 Å². The van der Waals surface area contributed by atoms with Crippen molar-refractivity contribution in [3.63, 3.8) is 0 Å². The van der Waals surface area contributed by atoms with Gasteiger partial charge in [-0.25, -0.2) is 0 Å². The highest BCUT2D eigenvalue weighted by molar-refractivity contribution is 14.1. The van der Waals surface area contributed by atoms with Gasteiger partial charge in [-0.1, -0.05) is 25.0 Å². The van der Waals surface area contributed by atoms with Crippen molar-refractivity contribution >= 4 is 34.2 Å². The molecule has 0 atom stereocenters. The van der Waals surface area contributed by atoms with Gasteiger partial charge in [0.25, 0.3) is 0 Å². The Hall–Kier alpha value is 0.0400. The Kier molecular flexibility index (Phi) is 7.18. The van der Waals surface area contributed by atoms with Crippen molar-refractivity contribution in [3.8, 4) is 5.75 Å². The molecule has 84 valence electrons. The first-order valence-electron chi connectivity index (χ1n) is 5.28. The van der Waals surface area contributed by atoms with Crippen LogP contribution < -0.4 is 4.74 Å². The van der Waals surface area contributed by atoms with Crippen LogP contribution in [0, 0.1) is 3.57 Å². The second kappa shape index (κ2) is 8.22. The van der Waals surface area contributed by atoms with Crippen LogP contribution in [0.4, 0.5) is 0 Å². The summed E-state index contributed by atoms with van der Waals surface area (Å²) in [6.07, 6.45) is 4.64. The zero-order chi connectivity index (χ0) is 10.9. The molecule has 0 fully saturated rings. The topological polar surface area (TPSA) is 9.23 Å². The molecule has 1 rings (SSSR count). The minimum Gasteiger partial charge on any atom is -0.492 e. The second-order valence-electron chi connectivity index (χ2n) is 3.38. The van der Waals surface area contributed by atoms with Crippen molar-refractivity contribution in [1.29, 1.82) is 0 Å². The summed E-state index contributed by atoms with van der Waals surface area (Å²) in [5.74, 6) is 1.77. The van der Waals surface area contributed by atoms with Gasteiger partial charge in [-0.05, 0) is 47.6 Å². The van der Waals surface area contributed by atoms with Gasteiger partial charge >= 0.3 is 0 Å². The lowest BCUT2D eigenvalue weighted by Gasteiger charge is -2.07. The fourth-order valence-electron chi connectivity index (χ4n) is 1.29. The molecule has 0 aliphatic rings. The zero-order valence-electron chi connectivity index (χ0n) is 8.72. The van der Waals surface area contributed by atoms with Crippen molar-refractivity contribution in [3.05, 3.63) is 27.8 Å². The van der Waals surface area contributed by atoms with Crippen LogP contribution in [0.1, 0.15) is 25.7 Å². The first-order chi connectivity index (χ1) is 7.34. The van der Waals surface area contributed by atoms with Gasteiger partial charge in [0.15, 0.2) is 0 Å². The third-order valence-electron chi connectivity index (χ3n) is 2.12. The molecule has 0 N–H and O–H groups in total. The molecule has 1 nitrogen and oxygen atoms in total. The molecule has 1 aromatic rings. The Morgan fingerprint density at radius 2 is 1.80 bits per heavy atom. The summed E-state index contributed by atoms with van der Waals surface area (Å²) in [6.45, 7) is 0.808. The molecule has 0 unspecified atom stereocenters. The summed E-state index contributed by atoms with van der Waals surface area (Å²) in [5.41, 5.74) is 0. The molecule has 3 heteroatoms. The maximum Gasteiger partial charge on any atom is 0.132 e. The molecular formula is C12H16ClIO. The average molecular weight is 339 g/mol. The number of halogens is 2. The number of hydrogen-bond acceptors (Lipinski definition) is 1. The van der Waals surface area contributed by atoms with Crippen LogP contribution in [0.2, 0.25) is 0 Å². The summed E-state index contributed by atoms with van der Waals surface area (Å²) in [4.78, 5) is 0. The van der Waals surface area contributed by atoms with Crippen LogP contribution >= 0.6 is 34.2 Å². The Morgan fingerprint density at radius 1 is 1.07 bits per heavy atom. The highest BCUT2D eigenvalue weighted by atomic mass is 127. The summed E-state index contributed by atoms with van der Waals surface area (Å²) in [7, 11) is 0. The average Bonchev–Trinajstić information content (AvgIpc) is 2.25. The maximum absolute atomic E-state index is 5.68. The first kappa shape index (κ1) is 13.1. The largest absolute Gasteiger partial charge is 0.492 e. The molecule has 0 aromatic heterocycles. The fourth-order valence-corrected chi connectivity index (χ4v) is 2.03. The second-order valence-corrected chi connectivity index (χ2v) is 4.92. The minimum absolute atomic E-state index is 0.775. The summed E-state index contributed by atoms with van der Waals surface area (Å²) in [6, 6.07) is 8.10. The molecule has 0 radical (unpaired) electrons. The van der Waals surface area contributed by atoms with E-state index < -0.39 is 0 Å². The van der Waals surface area contributed by atoms with Crippen LogP contribution in [0.5, 0.6) is 5.75 Å². The number of alkyl halides is 1.